The summed E-state index contributed by atoms with van der Waals surface area (Å²) in [7, 11) is -1.94. The molecule has 7 heteroatoms. The van der Waals surface area contributed by atoms with Gasteiger partial charge in [-0.1, -0.05) is 31.6 Å². The van der Waals surface area contributed by atoms with Crippen molar-refractivity contribution >= 4 is 10.0 Å². The molecule has 0 amide bonds. The molecule has 2 N–H and O–H groups in total. The largest absolute Gasteiger partial charge is 0.487 e. The molecule has 6 nitrogen and oxygen atoms in total. The summed E-state index contributed by atoms with van der Waals surface area (Å²) in [5.41, 5.74) is 0.764. The third kappa shape index (κ3) is 5.17. The van der Waals surface area contributed by atoms with Crippen LogP contribution < -0.4 is 10.1 Å². The third-order valence-electron chi connectivity index (χ3n) is 6.17. The zero-order chi connectivity index (χ0) is 21.7. The minimum absolute atomic E-state index is 0.0496. The molecule has 0 aromatic heterocycles. The highest BCUT2D eigenvalue weighted by Crippen LogP contribution is 2.34. The van der Waals surface area contributed by atoms with Gasteiger partial charge in [0.1, 0.15) is 16.7 Å². The fraction of sp³-hybridized carbons (Fsp3) is 0.652. The molecule has 3 atom stereocenters. The van der Waals surface area contributed by atoms with Crippen LogP contribution in [0.2, 0.25) is 0 Å². The van der Waals surface area contributed by atoms with Crippen molar-refractivity contribution in [3.05, 3.63) is 23.8 Å². The monoisotopic (exact) mass is 434 g/mol. The lowest BCUT2D eigenvalue weighted by Gasteiger charge is -2.36. The molecule has 1 aliphatic carbocycles. The Balaban J connectivity index is 1.96. The molecule has 0 spiro atoms. The van der Waals surface area contributed by atoms with E-state index >= 15 is 0 Å². The highest BCUT2D eigenvalue weighted by molar-refractivity contribution is 7.89. The summed E-state index contributed by atoms with van der Waals surface area (Å²) in [6.07, 6.45) is 5.79. The van der Waals surface area contributed by atoms with Crippen LogP contribution in [0, 0.1) is 23.7 Å². The van der Waals surface area contributed by atoms with Crippen LogP contribution in [0.15, 0.2) is 23.1 Å². The minimum Gasteiger partial charge on any atom is -0.487 e. The van der Waals surface area contributed by atoms with Gasteiger partial charge in [-0.3, -0.25) is 0 Å². The topological polar surface area (TPSA) is 78.9 Å². The van der Waals surface area contributed by atoms with Gasteiger partial charge in [0.15, 0.2) is 0 Å². The number of aliphatic hydroxyl groups excluding tert-OH is 1. The summed E-state index contributed by atoms with van der Waals surface area (Å²) in [6.45, 7) is 4.36. The normalized spacial score (nSPS) is 25.3. The van der Waals surface area contributed by atoms with Crippen molar-refractivity contribution in [1.29, 1.82) is 0 Å². The lowest BCUT2D eigenvalue weighted by molar-refractivity contribution is 0.103. The Morgan fingerprint density at radius 2 is 2.07 bits per heavy atom. The van der Waals surface area contributed by atoms with Crippen LogP contribution in [0.3, 0.4) is 0 Å². The number of nitrogens with zero attached hydrogens (tertiary/aromatic N) is 1. The molecule has 1 aromatic carbocycles. The van der Waals surface area contributed by atoms with Crippen molar-refractivity contribution in [3.8, 4) is 17.6 Å². The Bertz CT molecular complexity index is 884. The number of hydrogen-bond acceptors (Lipinski definition) is 5. The van der Waals surface area contributed by atoms with Crippen LogP contribution in [0.4, 0.5) is 0 Å². The lowest BCUT2D eigenvalue weighted by Crippen LogP contribution is -2.49. The van der Waals surface area contributed by atoms with E-state index in [1.165, 1.54) is 30.0 Å². The number of aliphatic hydroxyl groups is 1. The summed E-state index contributed by atoms with van der Waals surface area (Å²) in [4.78, 5) is 0.136. The molecule has 3 rings (SSSR count). The second kappa shape index (κ2) is 10.1. The van der Waals surface area contributed by atoms with E-state index in [1.807, 2.05) is 14.0 Å². The van der Waals surface area contributed by atoms with Gasteiger partial charge in [0.25, 0.3) is 0 Å². The number of benzene rings is 1. The number of rotatable bonds is 5. The molecule has 1 saturated carbocycles. The number of fused-ring (bicyclic) bond motifs is 1. The molecule has 0 unspecified atom stereocenters. The predicted molar refractivity (Wildman–Crippen MR) is 118 cm³/mol. The molecule has 1 aliphatic heterocycles. The standard InChI is InChI=1S/C23H34N2O4S/c1-17-15-25(18(2)16-26)30(27,28)23-12-11-20(10-6-9-19-7-4-5-8-19)13-21(23)29-22(17)14-24-3/h11-13,17-19,22,24,26H,4-5,7-9,14-16H2,1-3H3/t17-,18-,22+/m0/s1. The van der Waals surface area contributed by atoms with Crippen LogP contribution in [0.5, 0.6) is 5.75 Å². The Labute approximate surface area is 181 Å². The highest BCUT2D eigenvalue weighted by Gasteiger charge is 2.37. The van der Waals surface area contributed by atoms with E-state index in [-0.39, 0.29) is 23.5 Å². The van der Waals surface area contributed by atoms with Gasteiger partial charge in [-0.2, -0.15) is 4.31 Å². The predicted octanol–water partition coefficient (Wildman–Crippen LogP) is 2.61. The van der Waals surface area contributed by atoms with E-state index in [0.29, 0.717) is 24.8 Å². The molecular formula is C23H34N2O4S. The van der Waals surface area contributed by atoms with E-state index < -0.39 is 16.1 Å². The molecule has 0 bridgehead atoms. The summed E-state index contributed by atoms with van der Waals surface area (Å²) < 4.78 is 34.3. The van der Waals surface area contributed by atoms with Crippen LogP contribution in [0.1, 0.15) is 51.5 Å². The number of likely N-dealkylation sites (N-methyl/N-ethyl adjacent to an activating group) is 1. The average molecular weight is 435 g/mol. The van der Waals surface area contributed by atoms with Gasteiger partial charge in [0, 0.05) is 37.0 Å². The SMILES string of the molecule is CNC[C@H]1Oc2cc(C#CCC3CCCC3)ccc2S(=O)(=O)N([C@@H](C)CO)C[C@@H]1C. The number of ether oxygens (including phenoxy) is 1. The second-order valence-electron chi connectivity index (χ2n) is 8.62. The van der Waals surface area contributed by atoms with E-state index in [1.54, 1.807) is 25.1 Å². The first-order valence-electron chi connectivity index (χ1n) is 10.9. The van der Waals surface area contributed by atoms with Crippen molar-refractivity contribution in [2.75, 3.05) is 26.7 Å². The summed E-state index contributed by atoms with van der Waals surface area (Å²) >= 11 is 0. The fourth-order valence-corrected chi connectivity index (χ4v) is 6.09. The molecule has 0 saturated heterocycles. The molecule has 30 heavy (non-hydrogen) atoms. The third-order valence-corrected chi connectivity index (χ3v) is 8.19. The van der Waals surface area contributed by atoms with Gasteiger partial charge in [-0.05, 0) is 50.9 Å². The molecule has 1 aromatic rings. The Kier molecular flexibility index (Phi) is 7.81. The first-order chi connectivity index (χ1) is 14.4. The van der Waals surface area contributed by atoms with Gasteiger partial charge in [-0.15, -0.1) is 0 Å². The minimum atomic E-state index is -3.80. The number of nitrogens with one attached hydrogen (secondary N) is 1. The Hall–Kier alpha value is -1.59. The van der Waals surface area contributed by atoms with E-state index in [2.05, 4.69) is 17.2 Å². The van der Waals surface area contributed by atoms with Crippen LogP contribution >= 0.6 is 0 Å². The smallest absolute Gasteiger partial charge is 0.247 e. The lowest BCUT2D eigenvalue weighted by atomic mass is 10.0. The molecule has 1 heterocycles. The summed E-state index contributed by atoms with van der Waals surface area (Å²) in [5, 5.41) is 12.8. The quantitative estimate of drug-likeness (QED) is 0.697. The average Bonchev–Trinajstić information content (AvgIpc) is 3.23. The summed E-state index contributed by atoms with van der Waals surface area (Å²) in [6, 6.07) is 4.58. The van der Waals surface area contributed by atoms with E-state index in [4.69, 9.17) is 4.74 Å². The van der Waals surface area contributed by atoms with Gasteiger partial charge in [0.05, 0.1) is 6.61 Å². The van der Waals surface area contributed by atoms with Crippen LogP contribution in [-0.4, -0.2) is 56.7 Å². The first kappa shape index (κ1) is 23.1. The molecule has 1 fully saturated rings. The Morgan fingerprint density at radius 1 is 1.33 bits per heavy atom. The highest BCUT2D eigenvalue weighted by atomic mass is 32.2. The zero-order valence-electron chi connectivity index (χ0n) is 18.2. The summed E-state index contributed by atoms with van der Waals surface area (Å²) in [5.74, 6) is 7.44. The first-order valence-corrected chi connectivity index (χ1v) is 12.4. The van der Waals surface area contributed by atoms with Crippen molar-refractivity contribution in [3.63, 3.8) is 0 Å². The molecule has 0 radical (unpaired) electrons. The molecular weight excluding hydrogens is 400 g/mol. The van der Waals surface area contributed by atoms with E-state index in [0.717, 1.165) is 12.0 Å². The molecule has 166 valence electrons. The number of hydrogen-bond donors (Lipinski definition) is 2. The number of sulfonamides is 1. The Morgan fingerprint density at radius 3 is 2.73 bits per heavy atom. The van der Waals surface area contributed by atoms with E-state index in [9.17, 15) is 13.5 Å². The zero-order valence-corrected chi connectivity index (χ0v) is 19.0. The maximum absolute atomic E-state index is 13.4. The van der Waals surface area contributed by atoms with Gasteiger partial charge < -0.3 is 15.2 Å². The molecule has 2 aliphatic rings. The van der Waals surface area contributed by atoms with Crippen molar-refractivity contribution in [1.82, 2.24) is 9.62 Å². The van der Waals surface area contributed by atoms with Gasteiger partial charge in [0.2, 0.25) is 10.0 Å². The van der Waals surface area contributed by atoms with Crippen molar-refractivity contribution in [2.24, 2.45) is 11.8 Å². The van der Waals surface area contributed by atoms with Crippen molar-refractivity contribution in [2.45, 2.75) is 63.0 Å². The fourth-order valence-electron chi connectivity index (χ4n) is 4.26. The maximum atomic E-state index is 13.4. The van der Waals surface area contributed by atoms with Crippen LogP contribution in [-0.2, 0) is 10.0 Å². The van der Waals surface area contributed by atoms with Gasteiger partial charge in [-0.25, -0.2) is 8.42 Å². The maximum Gasteiger partial charge on any atom is 0.247 e. The van der Waals surface area contributed by atoms with Gasteiger partial charge >= 0.3 is 0 Å². The van der Waals surface area contributed by atoms with Crippen LogP contribution in [0.25, 0.3) is 0 Å². The second-order valence-corrected chi connectivity index (χ2v) is 10.5. The van der Waals surface area contributed by atoms with Crippen molar-refractivity contribution < 1.29 is 18.3 Å².